The maximum Gasteiger partial charge on any atom is 0.188 e. The van der Waals surface area contributed by atoms with Gasteiger partial charge < -0.3 is 15.6 Å². The predicted octanol–water partition coefficient (Wildman–Crippen LogP) is 2.95. The summed E-state index contributed by atoms with van der Waals surface area (Å²) in [5.41, 5.74) is 8.00. The molecule has 0 radical (unpaired) electrons. The monoisotopic (exact) mass is 294 g/mol. The van der Waals surface area contributed by atoms with Gasteiger partial charge in [0.2, 0.25) is 0 Å². The maximum absolute atomic E-state index is 5.92. The highest BCUT2D eigenvalue weighted by atomic mass is 16.5. The molecular weight excluding hydrogens is 264 g/mol. The van der Waals surface area contributed by atoms with E-state index in [-0.39, 0.29) is 0 Å². The smallest absolute Gasteiger partial charge is 0.188 e. The minimum Gasteiger partial charge on any atom is -0.370 e. The first kappa shape index (κ1) is 17.5. The van der Waals surface area contributed by atoms with E-state index in [0.717, 1.165) is 35.8 Å². The molecule has 0 amide bonds. The molecule has 0 aliphatic rings. The summed E-state index contributed by atoms with van der Waals surface area (Å²) >= 11 is 0. The quantitative estimate of drug-likeness (QED) is 0.571. The van der Waals surface area contributed by atoms with Crippen LogP contribution in [0.1, 0.15) is 57.1 Å². The summed E-state index contributed by atoms with van der Waals surface area (Å²) in [4.78, 5) is 4.38. The zero-order valence-corrected chi connectivity index (χ0v) is 14.1. The number of aromatic nitrogens is 1. The van der Waals surface area contributed by atoms with Gasteiger partial charge in [0.15, 0.2) is 5.96 Å². The molecule has 0 saturated heterocycles. The van der Waals surface area contributed by atoms with E-state index in [9.17, 15) is 0 Å². The summed E-state index contributed by atoms with van der Waals surface area (Å²) in [6.45, 7) is 11.2. The van der Waals surface area contributed by atoms with Gasteiger partial charge in [-0.25, -0.2) is 0 Å². The van der Waals surface area contributed by atoms with Crippen molar-refractivity contribution in [1.29, 1.82) is 0 Å². The van der Waals surface area contributed by atoms with E-state index in [4.69, 9.17) is 10.3 Å². The van der Waals surface area contributed by atoms with E-state index in [0.29, 0.717) is 18.5 Å². The molecule has 0 saturated carbocycles. The molecule has 5 heteroatoms. The lowest BCUT2D eigenvalue weighted by Gasteiger charge is -2.15. The van der Waals surface area contributed by atoms with Crippen LogP contribution in [0.25, 0.3) is 0 Å². The van der Waals surface area contributed by atoms with Gasteiger partial charge in [0, 0.05) is 18.2 Å². The average Bonchev–Trinajstić information content (AvgIpc) is 2.69. The number of nitrogens with one attached hydrogen (secondary N) is 1. The van der Waals surface area contributed by atoms with E-state index >= 15 is 0 Å². The second-order valence-corrected chi connectivity index (χ2v) is 6.19. The van der Waals surface area contributed by atoms with E-state index in [1.54, 1.807) is 0 Å². The molecule has 0 aliphatic carbocycles. The number of aryl methyl sites for hydroxylation is 2. The van der Waals surface area contributed by atoms with Gasteiger partial charge in [0.05, 0.1) is 5.69 Å². The van der Waals surface area contributed by atoms with E-state index in [1.165, 1.54) is 12.8 Å². The van der Waals surface area contributed by atoms with E-state index in [2.05, 4.69) is 36.2 Å². The fraction of sp³-hybridized carbons (Fsp3) is 0.750. The number of nitrogens with zero attached hydrogens (tertiary/aromatic N) is 2. The van der Waals surface area contributed by atoms with Crippen LogP contribution in [0.4, 0.5) is 0 Å². The Hall–Kier alpha value is -1.52. The Morgan fingerprint density at radius 1 is 1.29 bits per heavy atom. The Labute approximate surface area is 128 Å². The molecule has 0 spiro atoms. The van der Waals surface area contributed by atoms with Crippen molar-refractivity contribution in [1.82, 2.24) is 10.5 Å². The Morgan fingerprint density at radius 3 is 2.57 bits per heavy atom. The first-order chi connectivity index (χ1) is 9.90. The van der Waals surface area contributed by atoms with Gasteiger partial charge in [-0.15, -0.1) is 0 Å². The summed E-state index contributed by atoms with van der Waals surface area (Å²) in [5, 5.41) is 7.19. The van der Waals surface area contributed by atoms with Gasteiger partial charge in [0.1, 0.15) is 5.76 Å². The molecule has 1 atom stereocenters. The van der Waals surface area contributed by atoms with Crippen molar-refractivity contribution >= 4 is 5.96 Å². The Balaban J connectivity index is 2.29. The maximum atomic E-state index is 5.92. The van der Waals surface area contributed by atoms with Gasteiger partial charge >= 0.3 is 0 Å². The molecule has 1 aromatic heterocycles. The van der Waals surface area contributed by atoms with Crippen LogP contribution in [0.5, 0.6) is 0 Å². The number of rotatable bonds is 8. The number of nitrogens with two attached hydrogens (primary N) is 1. The standard InChI is InChI=1S/C16H30N4O/c1-11(2)7-6-8-12(3)19-16(17)18-10-9-15-13(4)20-21-14(15)5/h11-12H,6-10H2,1-5H3,(H3,17,18,19). The third kappa shape index (κ3) is 6.65. The SMILES string of the molecule is Cc1noc(C)c1CCN=C(N)NC(C)CCCC(C)C. The van der Waals surface area contributed by atoms with Gasteiger partial charge in [-0.1, -0.05) is 31.8 Å². The summed E-state index contributed by atoms with van der Waals surface area (Å²) in [6.07, 6.45) is 4.41. The summed E-state index contributed by atoms with van der Waals surface area (Å²) in [6, 6.07) is 0.367. The number of guanidine groups is 1. The molecule has 0 aromatic carbocycles. The average molecular weight is 294 g/mol. The fourth-order valence-electron chi connectivity index (χ4n) is 2.35. The fourth-order valence-corrected chi connectivity index (χ4v) is 2.35. The van der Waals surface area contributed by atoms with Crippen molar-refractivity contribution in [3.8, 4) is 0 Å². The first-order valence-corrected chi connectivity index (χ1v) is 7.88. The van der Waals surface area contributed by atoms with Crippen LogP contribution in [0.2, 0.25) is 0 Å². The number of aliphatic imine (C=N–C) groups is 1. The molecule has 5 nitrogen and oxygen atoms in total. The van der Waals surface area contributed by atoms with Crippen molar-refractivity contribution in [3.05, 3.63) is 17.0 Å². The molecule has 3 N–H and O–H groups in total. The Morgan fingerprint density at radius 2 is 2.00 bits per heavy atom. The molecule has 120 valence electrons. The van der Waals surface area contributed by atoms with E-state index in [1.807, 2.05) is 13.8 Å². The second kappa shape index (κ2) is 8.70. The summed E-state index contributed by atoms with van der Waals surface area (Å²) < 4.78 is 5.14. The van der Waals surface area contributed by atoms with Crippen LogP contribution < -0.4 is 11.1 Å². The van der Waals surface area contributed by atoms with Crippen LogP contribution in [0, 0.1) is 19.8 Å². The van der Waals surface area contributed by atoms with Gasteiger partial charge in [-0.05, 0) is 39.5 Å². The van der Waals surface area contributed by atoms with Crippen molar-refractivity contribution in [2.75, 3.05) is 6.54 Å². The lowest BCUT2D eigenvalue weighted by molar-refractivity contribution is 0.392. The van der Waals surface area contributed by atoms with Crippen molar-refractivity contribution in [3.63, 3.8) is 0 Å². The van der Waals surface area contributed by atoms with Gasteiger partial charge in [-0.2, -0.15) is 0 Å². The lowest BCUT2D eigenvalue weighted by atomic mass is 10.0. The van der Waals surface area contributed by atoms with Crippen LogP contribution in [0.15, 0.2) is 9.52 Å². The predicted molar refractivity (Wildman–Crippen MR) is 87.5 cm³/mol. The zero-order chi connectivity index (χ0) is 15.8. The molecule has 1 heterocycles. The highest BCUT2D eigenvalue weighted by Gasteiger charge is 2.08. The van der Waals surface area contributed by atoms with Crippen LogP contribution in [-0.4, -0.2) is 23.7 Å². The summed E-state index contributed by atoms with van der Waals surface area (Å²) in [5.74, 6) is 2.16. The minimum absolute atomic E-state index is 0.367. The molecule has 1 rings (SSSR count). The summed E-state index contributed by atoms with van der Waals surface area (Å²) in [7, 11) is 0. The lowest BCUT2D eigenvalue weighted by Crippen LogP contribution is -2.38. The van der Waals surface area contributed by atoms with Crippen molar-refractivity contribution in [2.45, 2.75) is 66.3 Å². The number of hydrogen-bond donors (Lipinski definition) is 2. The second-order valence-electron chi connectivity index (χ2n) is 6.19. The third-order valence-electron chi connectivity index (χ3n) is 3.64. The molecule has 1 aromatic rings. The molecule has 1 unspecified atom stereocenters. The largest absolute Gasteiger partial charge is 0.370 e. The van der Waals surface area contributed by atoms with E-state index < -0.39 is 0 Å². The van der Waals surface area contributed by atoms with Crippen LogP contribution in [-0.2, 0) is 6.42 Å². The normalized spacial score (nSPS) is 13.7. The first-order valence-electron chi connectivity index (χ1n) is 7.88. The van der Waals surface area contributed by atoms with Crippen molar-refractivity contribution < 1.29 is 4.52 Å². The highest BCUT2D eigenvalue weighted by molar-refractivity contribution is 5.78. The minimum atomic E-state index is 0.367. The molecular formula is C16H30N4O. The van der Waals surface area contributed by atoms with Crippen LogP contribution in [0.3, 0.4) is 0 Å². The van der Waals surface area contributed by atoms with Gasteiger partial charge in [-0.3, -0.25) is 4.99 Å². The third-order valence-corrected chi connectivity index (χ3v) is 3.64. The molecule has 21 heavy (non-hydrogen) atoms. The Bertz CT molecular complexity index is 432. The molecule has 0 bridgehead atoms. The Kier molecular flexibility index (Phi) is 7.26. The molecule has 0 aliphatic heterocycles. The van der Waals surface area contributed by atoms with Crippen molar-refractivity contribution in [2.24, 2.45) is 16.6 Å². The molecule has 0 fully saturated rings. The highest BCUT2D eigenvalue weighted by Crippen LogP contribution is 2.12. The van der Waals surface area contributed by atoms with Crippen LogP contribution >= 0.6 is 0 Å². The zero-order valence-electron chi connectivity index (χ0n) is 14.1. The number of hydrogen-bond acceptors (Lipinski definition) is 3. The topological polar surface area (TPSA) is 76.4 Å². The van der Waals surface area contributed by atoms with Gasteiger partial charge in [0.25, 0.3) is 0 Å².